The number of hydrogen-bond acceptors (Lipinski definition) is 3. The summed E-state index contributed by atoms with van der Waals surface area (Å²) in [6, 6.07) is 3.97. The maximum Gasteiger partial charge on any atom is 0.245 e. The molecule has 1 aliphatic rings. The molecule has 88 valence electrons. The number of aliphatic hydroxyl groups is 1. The summed E-state index contributed by atoms with van der Waals surface area (Å²) in [4.78, 5) is 0. The Morgan fingerprint density at radius 2 is 1.75 bits per heavy atom. The Morgan fingerprint density at radius 3 is 2.31 bits per heavy atom. The first kappa shape index (κ1) is 11.3. The molecule has 16 heavy (non-hydrogen) atoms. The van der Waals surface area contributed by atoms with Crippen molar-refractivity contribution in [2.45, 2.75) is 33.5 Å². The summed E-state index contributed by atoms with van der Waals surface area (Å²) in [5.41, 5.74) is 2.02. The van der Waals surface area contributed by atoms with Crippen LogP contribution in [0.4, 0.5) is 0 Å². The van der Waals surface area contributed by atoms with Crippen molar-refractivity contribution in [3.63, 3.8) is 0 Å². The first-order valence-electron chi connectivity index (χ1n) is 5.58. The number of ether oxygens (including phenoxy) is 2. The van der Waals surface area contributed by atoms with E-state index >= 15 is 0 Å². The number of benzene rings is 1. The van der Waals surface area contributed by atoms with Crippen molar-refractivity contribution in [1.29, 1.82) is 0 Å². The van der Waals surface area contributed by atoms with Crippen molar-refractivity contribution in [2.75, 3.05) is 6.61 Å². The van der Waals surface area contributed by atoms with Gasteiger partial charge in [0.25, 0.3) is 0 Å². The molecule has 1 N–H and O–H groups in total. The van der Waals surface area contributed by atoms with Crippen molar-refractivity contribution in [3.05, 3.63) is 23.3 Å². The summed E-state index contributed by atoms with van der Waals surface area (Å²) in [5, 5.41) is 10.3. The zero-order valence-corrected chi connectivity index (χ0v) is 10.2. The van der Waals surface area contributed by atoms with Gasteiger partial charge in [-0.2, -0.15) is 0 Å². The molecule has 1 atom stereocenters. The zero-order valence-electron chi connectivity index (χ0n) is 10.2. The second kappa shape index (κ2) is 3.67. The molecular weight excluding hydrogens is 204 g/mol. The van der Waals surface area contributed by atoms with E-state index in [2.05, 4.69) is 0 Å². The highest BCUT2D eigenvalue weighted by molar-refractivity contribution is 5.52. The molecule has 1 aromatic rings. The molecule has 2 rings (SSSR count). The molecule has 0 saturated carbocycles. The van der Waals surface area contributed by atoms with Gasteiger partial charge < -0.3 is 14.6 Å². The SMILES string of the molecule is Cc1ccc(C)c2c1OCC(O)(C(C)C)O2. The van der Waals surface area contributed by atoms with Gasteiger partial charge in [0, 0.05) is 5.92 Å². The fourth-order valence-electron chi connectivity index (χ4n) is 1.73. The molecular formula is C13H18O3. The van der Waals surface area contributed by atoms with Crippen molar-refractivity contribution < 1.29 is 14.6 Å². The highest BCUT2D eigenvalue weighted by atomic mass is 16.7. The van der Waals surface area contributed by atoms with Gasteiger partial charge >= 0.3 is 0 Å². The molecule has 3 nitrogen and oxygen atoms in total. The standard InChI is InChI=1S/C13H18O3/c1-8(2)13(14)7-15-11-9(3)5-6-10(4)12(11)16-13/h5-6,8,14H,7H2,1-4H3. The Balaban J connectivity index is 2.44. The van der Waals surface area contributed by atoms with Gasteiger partial charge in [-0.1, -0.05) is 26.0 Å². The molecule has 0 amide bonds. The van der Waals surface area contributed by atoms with Crippen LogP contribution in [0, 0.1) is 19.8 Å². The molecule has 0 bridgehead atoms. The molecule has 1 heterocycles. The van der Waals surface area contributed by atoms with Crippen LogP contribution in [0.2, 0.25) is 0 Å². The van der Waals surface area contributed by atoms with Crippen LogP contribution in [0.3, 0.4) is 0 Å². The average Bonchev–Trinajstić information content (AvgIpc) is 2.23. The quantitative estimate of drug-likeness (QED) is 0.793. The van der Waals surface area contributed by atoms with Gasteiger partial charge in [-0.05, 0) is 25.0 Å². The molecule has 0 aromatic heterocycles. The van der Waals surface area contributed by atoms with E-state index in [4.69, 9.17) is 9.47 Å². The minimum Gasteiger partial charge on any atom is -0.483 e. The molecule has 0 fully saturated rings. The summed E-state index contributed by atoms with van der Waals surface area (Å²) in [7, 11) is 0. The van der Waals surface area contributed by atoms with Crippen LogP contribution in [0.1, 0.15) is 25.0 Å². The summed E-state index contributed by atoms with van der Waals surface area (Å²) < 4.78 is 11.4. The van der Waals surface area contributed by atoms with Gasteiger partial charge in [-0.15, -0.1) is 0 Å². The van der Waals surface area contributed by atoms with E-state index in [1.54, 1.807) is 0 Å². The summed E-state index contributed by atoms with van der Waals surface area (Å²) >= 11 is 0. The molecule has 0 saturated heterocycles. The predicted octanol–water partition coefficient (Wildman–Crippen LogP) is 2.42. The maximum atomic E-state index is 10.3. The molecule has 0 radical (unpaired) electrons. The van der Waals surface area contributed by atoms with Crippen LogP contribution in [0.25, 0.3) is 0 Å². The van der Waals surface area contributed by atoms with Crippen LogP contribution in [0.5, 0.6) is 11.5 Å². The summed E-state index contributed by atoms with van der Waals surface area (Å²) in [5.74, 6) is 0.194. The lowest BCUT2D eigenvalue weighted by atomic mass is 10.0. The van der Waals surface area contributed by atoms with Crippen molar-refractivity contribution >= 4 is 0 Å². The smallest absolute Gasteiger partial charge is 0.245 e. The second-order valence-corrected chi connectivity index (χ2v) is 4.75. The van der Waals surface area contributed by atoms with Gasteiger partial charge in [0.1, 0.15) is 0 Å². The second-order valence-electron chi connectivity index (χ2n) is 4.75. The summed E-state index contributed by atoms with van der Waals surface area (Å²) in [6.45, 7) is 7.94. The Kier molecular flexibility index (Phi) is 2.58. The van der Waals surface area contributed by atoms with Crippen molar-refractivity contribution in [1.82, 2.24) is 0 Å². The Morgan fingerprint density at radius 1 is 1.19 bits per heavy atom. The number of rotatable bonds is 1. The van der Waals surface area contributed by atoms with Gasteiger partial charge in [0.2, 0.25) is 5.79 Å². The van der Waals surface area contributed by atoms with Gasteiger partial charge in [0.15, 0.2) is 18.1 Å². The van der Waals surface area contributed by atoms with E-state index in [0.717, 1.165) is 16.9 Å². The average molecular weight is 222 g/mol. The van der Waals surface area contributed by atoms with Crippen LogP contribution >= 0.6 is 0 Å². The van der Waals surface area contributed by atoms with E-state index in [9.17, 15) is 5.11 Å². The van der Waals surface area contributed by atoms with E-state index in [0.29, 0.717) is 5.75 Å². The van der Waals surface area contributed by atoms with Crippen molar-refractivity contribution in [2.24, 2.45) is 5.92 Å². The van der Waals surface area contributed by atoms with E-state index in [1.165, 1.54) is 0 Å². The van der Waals surface area contributed by atoms with Crippen LogP contribution < -0.4 is 9.47 Å². The molecule has 0 aliphatic carbocycles. The van der Waals surface area contributed by atoms with E-state index in [1.807, 2.05) is 39.8 Å². The first-order chi connectivity index (χ1) is 7.44. The third kappa shape index (κ3) is 1.65. The Bertz CT molecular complexity index is 412. The minimum absolute atomic E-state index is 0.0134. The van der Waals surface area contributed by atoms with Gasteiger partial charge in [0.05, 0.1) is 0 Å². The molecule has 3 heteroatoms. The minimum atomic E-state index is -1.22. The highest BCUT2D eigenvalue weighted by Gasteiger charge is 2.39. The Labute approximate surface area is 96.0 Å². The van der Waals surface area contributed by atoms with E-state index < -0.39 is 5.79 Å². The monoisotopic (exact) mass is 222 g/mol. The normalized spacial score (nSPS) is 23.6. The third-order valence-corrected chi connectivity index (χ3v) is 3.11. The lowest BCUT2D eigenvalue weighted by molar-refractivity contribution is -0.202. The van der Waals surface area contributed by atoms with Gasteiger partial charge in [-0.3, -0.25) is 0 Å². The van der Waals surface area contributed by atoms with E-state index in [-0.39, 0.29) is 12.5 Å². The molecule has 0 spiro atoms. The lowest BCUT2D eigenvalue weighted by Crippen LogP contribution is -2.49. The zero-order chi connectivity index (χ0) is 11.9. The third-order valence-electron chi connectivity index (χ3n) is 3.11. The largest absolute Gasteiger partial charge is 0.483 e. The number of hydrogen-bond donors (Lipinski definition) is 1. The Hall–Kier alpha value is -1.22. The molecule has 1 unspecified atom stereocenters. The van der Waals surface area contributed by atoms with Crippen LogP contribution in [0.15, 0.2) is 12.1 Å². The fourth-order valence-corrected chi connectivity index (χ4v) is 1.73. The molecule has 1 aromatic carbocycles. The predicted molar refractivity (Wildman–Crippen MR) is 61.8 cm³/mol. The first-order valence-corrected chi connectivity index (χ1v) is 5.58. The van der Waals surface area contributed by atoms with Crippen molar-refractivity contribution in [3.8, 4) is 11.5 Å². The highest BCUT2D eigenvalue weighted by Crippen LogP contribution is 2.41. The number of aryl methyl sites for hydroxylation is 2. The number of fused-ring (bicyclic) bond motifs is 1. The lowest BCUT2D eigenvalue weighted by Gasteiger charge is -2.37. The van der Waals surface area contributed by atoms with Crippen LogP contribution in [-0.2, 0) is 0 Å². The van der Waals surface area contributed by atoms with Crippen LogP contribution in [-0.4, -0.2) is 17.5 Å². The topological polar surface area (TPSA) is 38.7 Å². The van der Waals surface area contributed by atoms with Gasteiger partial charge in [-0.25, -0.2) is 0 Å². The maximum absolute atomic E-state index is 10.3. The molecule has 1 aliphatic heterocycles. The summed E-state index contributed by atoms with van der Waals surface area (Å²) in [6.07, 6.45) is 0. The fraction of sp³-hybridized carbons (Fsp3) is 0.538.